The van der Waals surface area contributed by atoms with Gasteiger partial charge < -0.3 is 15.8 Å². The second-order valence-electron chi connectivity index (χ2n) is 5.45. The maximum Gasteiger partial charge on any atom is 0.237 e. The number of rotatable bonds is 7. The lowest BCUT2D eigenvalue weighted by Gasteiger charge is -2.24. The standard InChI is InChI=1S/C16H26N2O2/c1-5-20-15-9-7-6-8-13(15)14(10-11(2)3)18-16(19)12(4)17/h6-9,11-12,14H,5,10,17H2,1-4H3,(H,18,19)/t12-,14?/m0/s1. The summed E-state index contributed by atoms with van der Waals surface area (Å²) in [6.07, 6.45) is 0.850. The molecule has 3 N–H and O–H groups in total. The molecule has 0 spiro atoms. The summed E-state index contributed by atoms with van der Waals surface area (Å²) in [7, 11) is 0. The van der Waals surface area contributed by atoms with Crippen molar-refractivity contribution in [3.8, 4) is 5.75 Å². The average Bonchev–Trinajstić information content (AvgIpc) is 2.38. The number of hydrogen-bond acceptors (Lipinski definition) is 3. The molecule has 0 radical (unpaired) electrons. The zero-order valence-corrected chi connectivity index (χ0v) is 12.8. The van der Waals surface area contributed by atoms with Crippen LogP contribution in [0.25, 0.3) is 0 Å². The summed E-state index contributed by atoms with van der Waals surface area (Å²) in [5.74, 6) is 1.15. The van der Waals surface area contributed by atoms with E-state index in [0.29, 0.717) is 12.5 Å². The molecule has 4 nitrogen and oxygen atoms in total. The van der Waals surface area contributed by atoms with Gasteiger partial charge in [-0.2, -0.15) is 0 Å². The van der Waals surface area contributed by atoms with Crippen molar-refractivity contribution in [2.24, 2.45) is 11.7 Å². The maximum atomic E-state index is 11.9. The van der Waals surface area contributed by atoms with Crippen LogP contribution in [-0.2, 0) is 4.79 Å². The highest BCUT2D eigenvalue weighted by atomic mass is 16.5. The lowest BCUT2D eigenvalue weighted by molar-refractivity contribution is -0.122. The molecule has 1 aromatic carbocycles. The number of ether oxygens (including phenoxy) is 1. The Morgan fingerprint density at radius 3 is 2.50 bits per heavy atom. The van der Waals surface area contributed by atoms with Gasteiger partial charge in [-0.3, -0.25) is 4.79 Å². The zero-order valence-electron chi connectivity index (χ0n) is 12.8. The first-order valence-corrected chi connectivity index (χ1v) is 7.23. The third kappa shape index (κ3) is 4.85. The van der Waals surface area contributed by atoms with E-state index in [2.05, 4.69) is 19.2 Å². The molecular weight excluding hydrogens is 252 g/mol. The molecule has 0 saturated heterocycles. The van der Waals surface area contributed by atoms with Gasteiger partial charge in [0.1, 0.15) is 5.75 Å². The van der Waals surface area contributed by atoms with E-state index >= 15 is 0 Å². The minimum atomic E-state index is -0.510. The van der Waals surface area contributed by atoms with Crippen molar-refractivity contribution in [2.45, 2.75) is 46.2 Å². The highest BCUT2D eigenvalue weighted by Gasteiger charge is 2.21. The average molecular weight is 278 g/mol. The number of nitrogens with one attached hydrogen (secondary N) is 1. The summed E-state index contributed by atoms with van der Waals surface area (Å²) in [4.78, 5) is 11.9. The van der Waals surface area contributed by atoms with Crippen LogP contribution >= 0.6 is 0 Å². The largest absolute Gasteiger partial charge is 0.494 e. The lowest BCUT2D eigenvalue weighted by atomic mass is 9.96. The van der Waals surface area contributed by atoms with Crippen molar-refractivity contribution < 1.29 is 9.53 Å². The minimum absolute atomic E-state index is 0.0729. The zero-order chi connectivity index (χ0) is 15.1. The topological polar surface area (TPSA) is 64.3 Å². The van der Waals surface area contributed by atoms with Gasteiger partial charge in [-0.05, 0) is 32.3 Å². The van der Waals surface area contributed by atoms with Crippen LogP contribution in [0.2, 0.25) is 0 Å². The van der Waals surface area contributed by atoms with Gasteiger partial charge in [0, 0.05) is 5.56 Å². The summed E-state index contributed by atoms with van der Waals surface area (Å²) >= 11 is 0. The highest BCUT2D eigenvalue weighted by Crippen LogP contribution is 2.29. The van der Waals surface area contributed by atoms with Gasteiger partial charge >= 0.3 is 0 Å². The fourth-order valence-electron chi connectivity index (χ4n) is 2.09. The Bertz CT molecular complexity index is 430. The highest BCUT2D eigenvalue weighted by molar-refractivity contribution is 5.81. The molecule has 0 aromatic heterocycles. The van der Waals surface area contributed by atoms with E-state index < -0.39 is 6.04 Å². The second-order valence-corrected chi connectivity index (χ2v) is 5.45. The van der Waals surface area contributed by atoms with Crippen molar-refractivity contribution in [3.63, 3.8) is 0 Å². The van der Waals surface area contributed by atoms with Crippen LogP contribution in [0.4, 0.5) is 0 Å². The van der Waals surface area contributed by atoms with Crippen molar-refractivity contribution in [1.29, 1.82) is 0 Å². The van der Waals surface area contributed by atoms with Crippen LogP contribution in [0, 0.1) is 5.92 Å². The molecule has 1 unspecified atom stereocenters. The molecule has 1 amide bonds. The number of carbonyl (C=O) groups is 1. The Hall–Kier alpha value is -1.55. The molecule has 0 aliphatic carbocycles. The first-order valence-electron chi connectivity index (χ1n) is 7.23. The molecule has 0 saturated carbocycles. The number of benzene rings is 1. The molecule has 4 heteroatoms. The third-order valence-corrected chi connectivity index (χ3v) is 3.03. The predicted octanol–water partition coefficient (Wildman–Crippen LogP) is 2.64. The van der Waals surface area contributed by atoms with Gasteiger partial charge in [0.25, 0.3) is 0 Å². The Balaban J connectivity index is 3.00. The number of nitrogens with two attached hydrogens (primary N) is 1. The monoisotopic (exact) mass is 278 g/mol. The quantitative estimate of drug-likeness (QED) is 0.806. The maximum absolute atomic E-state index is 11.9. The van der Waals surface area contributed by atoms with Gasteiger partial charge in [0.2, 0.25) is 5.91 Å². The third-order valence-electron chi connectivity index (χ3n) is 3.03. The van der Waals surface area contributed by atoms with E-state index in [4.69, 9.17) is 10.5 Å². The molecule has 2 atom stereocenters. The predicted molar refractivity (Wildman–Crippen MR) is 81.6 cm³/mol. The first kappa shape index (κ1) is 16.5. The van der Waals surface area contributed by atoms with E-state index in [1.54, 1.807) is 6.92 Å². The SMILES string of the molecule is CCOc1ccccc1C(CC(C)C)NC(=O)[C@H](C)N. The second kappa shape index (κ2) is 7.90. The van der Waals surface area contributed by atoms with E-state index in [1.807, 2.05) is 31.2 Å². The summed E-state index contributed by atoms with van der Waals surface area (Å²) in [5.41, 5.74) is 6.66. The fourth-order valence-corrected chi connectivity index (χ4v) is 2.09. The Morgan fingerprint density at radius 2 is 1.95 bits per heavy atom. The molecule has 112 valence electrons. The number of hydrogen-bond donors (Lipinski definition) is 2. The normalized spacial score (nSPS) is 13.9. The Morgan fingerprint density at radius 1 is 1.30 bits per heavy atom. The van der Waals surface area contributed by atoms with Gasteiger partial charge in [-0.25, -0.2) is 0 Å². The van der Waals surface area contributed by atoms with Crippen LogP contribution < -0.4 is 15.8 Å². The lowest BCUT2D eigenvalue weighted by Crippen LogP contribution is -2.40. The Labute approximate surface area is 121 Å². The molecular formula is C16H26N2O2. The molecule has 0 bridgehead atoms. The molecule has 1 aromatic rings. The van der Waals surface area contributed by atoms with E-state index in [9.17, 15) is 4.79 Å². The summed E-state index contributed by atoms with van der Waals surface area (Å²) < 4.78 is 5.66. The number of para-hydroxylation sites is 1. The number of carbonyl (C=O) groups excluding carboxylic acids is 1. The summed E-state index contributed by atoms with van der Waals surface area (Å²) in [6.45, 7) is 8.51. The molecule has 20 heavy (non-hydrogen) atoms. The summed E-state index contributed by atoms with van der Waals surface area (Å²) in [5, 5.41) is 3.02. The van der Waals surface area contributed by atoms with E-state index in [-0.39, 0.29) is 11.9 Å². The van der Waals surface area contributed by atoms with Gasteiger partial charge in [0.15, 0.2) is 0 Å². The van der Waals surface area contributed by atoms with Crippen LogP contribution in [0.15, 0.2) is 24.3 Å². The molecule has 0 aliphatic rings. The van der Waals surface area contributed by atoms with Gasteiger partial charge in [-0.15, -0.1) is 0 Å². The van der Waals surface area contributed by atoms with Crippen LogP contribution in [-0.4, -0.2) is 18.6 Å². The van der Waals surface area contributed by atoms with Crippen molar-refractivity contribution in [1.82, 2.24) is 5.32 Å². The van der Waals surface area contributed by atoms with Gasteiger partial charge in [-0.1, -0.05) is 32.0 Å². The van der Waals surface area contributed by atoms with Gasteiger partial charge in [0.05, 0.1) is 18.7 Å². The summed E-state index contributed by atoms with van der Waals surface area (Å²) in [6, 6.07) is 7.25. The number of amides is 1. The minimum Gasteiger partial charge on any atom is -0.494 e. The molecule has 1 rings (SSSR count). The van der Waals surface area contributed by atoms with E-state index in [0.717, 1.165) is 17.7 Å². The van der Waals surface area contributed by atoms with Crippen LogP contribution in [0.5, 0.6) is 5.75 Å². The smallest absolute Gasteiger partial charge is 0.237 e. The fraction of sp³-hybridized carbons (Fsp3) is 0.562. The van der Waals surface area contributed by atoms with Crippen molar-refractivity contribution >= 4 is 5.91 Å². The van der Waals surface area contributed by atoms with Crippen LogP contribution in [0.1, 0.15) is 45.7 Å². The van der Waals surface area contributed by atoms with E-state index in [1.165, 1.54) is 0 Å². The van der Waals surface area contributed by atoms with Crippen LogP contribution in [0.3, 0.4) is 0 Å². The first-order chi connectivity index (χ1) is 9.45. The Kier molecular flexibility index (Phi) is 6.52. The van der Waals surface area contributed by atoms with Crippen molar-refractivity contribution in [2.75, 3.05) is 6.61 Å². The molecule has 0 fully saturated rings. The van der Waals surface area contributed by atoms with Crippen molar-refractivity contribution in [3.05, 3.63) is 29.8 Å². The molecule has 0 heterocycles. The molecule has 0 aliphatic heterocycles.